The number of primary sulfonamides is 1. The van der Waals surface area contributed by atoms with Gasteiger partial charge < -0.3 is 14.5 Å². The molecule has 12 heteroatoms. The predicted octanol–water partition coefficient (Wildman–Crippen LogP) is 1.52. The quantitative estimate of drug-likeness (QED) is 0.377. The van der Waals surface area contributed by atoms with Crippen LogP contribution < -0.4 is 10.5 Å². The number of carbonyl (C=O) groups is 4. The smallest absolute Gasteiger partial charge is 0.338 e. The molecule has 34 heavy (non-hydrogen) atoms. The Morgan fingerprint density at radius 2 is 1.71 bits per heavy atom. The molecule has 0 radical (unpaired) electrons. The van der Waals surface area contributed by atoms with Crippen molar-refractivity contribution in [2.75, 3.05) is 11.9 Å². The van der Waals surface area contributed by atoms with Gasteiger partial charge in [-0.2, -0.15) is 0 Å². The van der Waals surface area contributed by atoms with E-state index in [9.17, 15) is 27.6 Å². The number of nitrogens with zero attached hydrogens (tertiary/aromatic N) is 1. The number of imide groups is 1. The van der Waals surface area contributed by atoms with Crippen molar-refractivity contribution in [3.05, 3.63) is 83.3 Å². The van der Waals surface area contributed by atoms with Crippen molar-refractivity contribution in [3.63, 3.8) is 0 Å². The molecule has 3 aromatic rings. The average Bonchev–Trinajstić information content (AvgIpc) is 3.40. The third kappa shape index (κ3) is 4.72. The number of carbonyl (C=O) groups excluding carboxylic acids is 4. The van der Waals surface area contributed by atoms with Gasteiger partial charge in [0.2, 0.25) is 10.0 Å². The van der Waals surface area contributed by atoms with E-state index in [1.54, 1.807) is 12.1 Å². The molecule has 1 aliphatic rings. The fraction of sp³-hybridized carbons (Fsp3) is 0.0909. The SMILES string of the molecule is NS(=O)(=O)c1ccc(NC(=O)COC(=O)c2ccc3c(c2)C(=O)N(Cc2ccco2)C3=O)cc1. The summed E-state index contributed by atoms with van der Waals surface area (Å²) < 4.78 is 32.7. The maximum atomic E-state index is 12.7. The Kier molecular flexibility index (Phi) is 6.01. The van der Waals surface area contributed by atoms with Crippen LogP contribution in [0.25, 0.3) is 0 Å². The summed E-state index contributed by atoms with van der Waals surface area (Å²) >= 11 is 0. The van der Waals surface area contributed by atoms with Crippen LogP contribution in [0.5, 0.6) is 0 Å². The first-order valence-electron chi connectivity index (χ1n) is 9.76. The fourth-order valence-electron chi connectivity index (χ4n) is 3.26. The van der Waals surface area contributed by atoms with Crippen molar-refractivity contribution in [2.24, 2.45) is 5.14 Å². The molecule has 0 aliphatic carbocycles. The van der Waals surface area contributed by atoms with E-state index in [2.05, 4.69) is 5.32 Å². The fourth-order valence-corrected chi connectivity index (χ4v) is 3.77. The topological polar surface area (TPSA) is 166 Å². The minimum Gasteiger partial charge on any atom is -0.467 e. The van der Waals surface area contributed by atoms with Gasteiger partial charge in [-0.25, -0.2) is 18.4 Å². The van der Waals surface area contributed by atoms with Gasteiger partial charge in [0.1, 0.15) is 5.76 Å². The summed E-state index contributed by atoms with van der Waals surface area (Å²) in [4.78, 5) is 50.5. The van der Waals surface area contributed by atoms with Gasteiger partial charge in [-0.05, 0) is 54.6 Å². The van der Waals surface area contributed by atoms with Gasteiger partial charge in [-0.15, -0.1) is 0 Å². The van der Waals surface area contributed by atoms with Gasteiger partial charge in [-0.3, -0.25) is 19.3 Å². The number of hydrogen-bond acceptors (Lipinski definition) is 8. The number of sulfonamides is 1. The van der Waals surface area contributed by atoms with E-state index in [-0.39, 0.29) is 33.8 Å². The molecule has 0 fully saturated rings. The van der Waals surface area contributed by atoms with Crippen molar-refractivity contribution in [1.29, 1.82) is 0 Å². The number of esters is 1. The van der Waals surface area contributed by atoms with E-state index in [1.807, 2.05) is 0 Å². The number of fused-ring (bicyclic) bond motifs is 1. The highest BCUT2D eigenvalue weighted by Crippen LogP contribution is 2.26. The molecule has 11 nitrogen and oxygen atoms in total. The highest BCUT2D eigenvalue weighted by Gasteiger charge is 2.36. The summed E-state index contributed by atoms with van der Waals surface area (Å²) in [6.07, 6.45) is 1.43. The molecule has 4 rings (SSSR count). The summed E-state index contributed by atoms with van der Waals surface area (Å²) in [6, 6.07) is 12.3. The lowest BCUT2D eigenvalue weighted by molar-refractivity contribution is -0.119. The summed E-state index contributed by atoms with van der Waals surface area (Å²) in [5.41, 5.74) is 0.455. The van der Waals surface area contributed by atoms with E-state index < -0.39 is 40.3 Å². The maximum absolute atomic E-state index is 12.7. The standard InChI is InChI=1S/C22H17N3O8S/c23-34(30,31)16-6-4-14(5-7-16)24-19(26)12-33-22(29)13-3-8-17-18(10-13)21(28)25(20(17)27)11-15-2-1-9-32-15/h1-10H,11-12H2,(H,24,26)(H2,23,30,31). The minimum atomic E-state index is -3.86. The molecule has 0 saturated carbocycles. The first kappa shape index (κ1) is 22.9. The number of nitrogens with one attached hydrogen (secondary N) is 1. The van der Waals surface area contributed by atoms with Crippen LogP contribution in [0, 0.1) is 0 Å². The Bertz CT molecular complexity index is 1400. The molecule has 0 spiro atoms. The van der Waals surface area contributed by atoms with E-state index in [0.29, 0.717) is 5.76 Å². The molecule has 2 aromatic carbocycles. The molecular weight excluding hydrogens is 466 g/mol. The number of benzene rings is 2. The van der Waals surface area contributed by atoms with E-state index in [1.165, 1.54) is 48.7 Å². The molecule has 1 aliphatic heterocycles. The van der Waals surface area contributed by atoms with Crippen LogP contribution >= 0.6 is 0 Å². The normalized spacial score (nSPS) is 13.0. The lowest BCUT2D eigenvalue weighted by Crippen LogP contribution is -2.28. The highest BCUT2D eigenvalue weighted by atomic mass is 32.2. The van der Waals surface area contributed by atoms with Crippen molar-refractivity contribution >= 4 is 39.4 Å². The Morgan fingerprint density at radius 3 is 2.35 bits per heavy atom. The zero-order valence-electron chi connectivity index (χ0n) is 17.4. The van der Waals surface area contributed by atoms with Crippen LogP contribution in [0.4, 0.5) is 5.69 Å². The number of ether oxygens (including phenoxy) is 1. The molecule has 1 aromatic heterocycles. The predicted molar refractivity (Wildman–Crippen MR) is 116 cm³/mol. The summed E-state index contributed by atoms with van der Waals surface area (Å²) in [6.45, 7) is -0.679. The van der Waals surface area contributed by atoms with Crippen LogP contribution in [0.2, 0.25) is 0 Å². The zero-order chi connectivity index (χ0) is 24.5. The van der Waals surface area contributed by atoms with Crippen LogP contribution in [-0.2, 0) is 26.1 Å². The first-order valence-corrected chi connectivity index (χ1v) is 11.3. The number of anilines is 1. The van der Waals surface area contributed by atoms with Crippen molar-refractivity contribution in [3.8, 4) is 0 Å². The van der Waals surface area contributed by atoms with Crippen molar-refractivity contribution < 1.29 is 36.7 Å². The van der Waals surface area contributed by atoms with Gasteiger partial charge in [0.05, 0.1) is 34.4 Å². The van der Waals surface area contributed by atoms with E-state index in [4.69, 9.17) is 14.3 Å². The number of furan rings is 1. The van der Waals surface area contributed by atoms with Gasteiger partial charge in [0.25, 0.3) is 17.7 Å². The van der Waals surface area contributed by atoms with Gasteiger partial charge in [0, 0.05) is 5.69 Å². The van der Waals surface area contributed by atoms with Gasteiger partial charge >= 0.3 is 5.97 Å². The third-order valence-electron chi connectivity index (χ3n) is 4.90. The average molecular weight is 483 g/mol. The second-order valence-electron chi connectivity index (χ2n) is 7.23. The summed E-state index contributed by atoms with van der Waals surface area (Å²) in [5, 5.41) is 7.46. The van der Waals surface area contributed by atoms with E-state index in [0.717, 1.165) is 4.90 Å². The molecule has 3 amide bonds. The van der Waals surface area contributed by atoms with E-state index >= 15 is 0 Å². The number of rotatable bonds is 7. The van der Waals surface area contributed by atoms with Crippen molar-refractivity contribution in [1.82, 2.24) is 4.90 Å². The summed E-state index contributed by atoms with van der Waals surface area (Å²) in [7, 11) is -3.86. The third-order valence-corrected chi connectivity index (χ3v) is 5.83. The Morgan fingerprint density at radius 1 is 1.00 bits per heavy atom. The molecule has 0 saturated heterocycles. The lowest BCUT2D eigenvalue weighted by atomic mass is 10.1. The van der Waals surface area contributed by atoms with Crippen LogP contribution in [-0.4, -0.2) is 43.6 Å². The molecule has 3 N–H and O–H groups in total. The van der Waals surface area contributed by atoms with Crippen LogP contribution in [0.1, 0.15) is 36.8 Å². The molecule has 2 heterocycles. The Hall–Kier alpha value is -4.29. The zero-order valence-corrected chi connectivity index (χ0v) is 18.2. The largest absolute Gasteiger partial charge is 0.467 e. The van der Waals surface area contributed by atoms with Crippen LogP contribution in [0.3, 0.4) is 0 Å². The summed E-state index contributed by atoms with van der Waals surface area (Å²) in [5.74, 6) is -2.20. The molecule has 0 atom stereocenters. The molecule has 0 bridgehead atoms. The lowest BCUT2D eigenvalue weighted by Gasteiger charge is -2.11. The second kappa shape index (κ2) is 8.92. The first-order chi connectivity index (χ1) is 16.1. The number of nitrogens with two attached hydrogens (primary N) is 1. The van der Waals surface area contributed by atoms with Gasteiger partial charge in [0.15, 0.2) is 6.61 Å². The maximum Gasteiger partial charge on any atom is 0.338 e. The Labute approximate surface area is 193 Å². The molecule has 174 valence electrons. The molecular formula is C22H17N3O8S. The highest BCUT2D eigenvalue weighted by molar-refractivity contribution is 7.89. The number of hydrogen-bond donors (Lipinski definition) is 2. The monoisotopic (exact) mass is 483 g/mol. The van der Waals surface area contributed by atoms with Crippen LogP contribution in [0.15, 0.2) is 70.2 Å². The van der Waals surface area contributed by atoms with Crippen molar-refractivity contribution in [2.45, 2.75) is 11.4 Å². The van der Waals surface area contributed by atoms with Gasteiger partial charge in [-0.1, -0.05) is 0 Å². The number of amides is 3. The molecule has 0 unspecified atom stereocenters. The Balaban J connectivity index is 1.37. The minimum absolute atomic E-state index is 0.00921. The second-order valence-corrected chi connectivity index (χ2v) is 8.79.